The molecule has 2 saturated heterocycles. The van der Waals surface area contributed by atoms with Crippen molar-refractivity contribution in [3.05, 3.63) is 23.8 Å². The maximum atomic E-state index is 11.9. The van der Waals surface area contributed by atoms with Crippen LogP contribution in [0.1, 0.15) is 34.1 Å². The van der Waals surface area contributed by atoms with Gasteiger partial charge in [0.2, 0.25) is 0 Å². The van der Waals surface area contributed by atoms with Gasteiger partial charge in [-0.3, -0.25) is 4.79 Å². The predicted molar refractivity (Wildman–Crippen MR) is 121 cm³/mol. The number of hydrogen-bond acceptors (Lipinski definition) is 11. The first-order valence-electron chi connectivity index (χ1n) is 11.8. The minimum Gasteiger partial charge on any atom is -0.388 e. The van der Waals surface area contributed by atoms with Crippen LogP contribution in [0.25, 0.3) is 0 Å². The van der Waals surface area contributed by atoms with Gasteiger partial charge in [-0.1, -0.05) is 31.6 Å². The first-order valence-corrected chi connectivity index (χ1v) is 11.8. The van der Waals surface area contributed by atoms with Gasteiger partial charge in [-0.05, 0) is 25.3 Å². The van der Waals surface area contributed by atoms with Gasteiger partial charge in [-0.2, -0.15) is 0 Å². The molecule has 200 valence electrons. The molecule has 6 N–H and O–H groups in total. The van der Waals surface area contributed by atoms with Gasteiger partial charge >= 0.3 is 0 Å². The molecule has 0 aromatic heterocycles. The Bertz CT molecular complexity index is 796. The second kappa shape index (κ2) is 11.4. The van der Waals surface area contributed by atoms with Crippen molar-refractivity contribution in [2.24, 2.45) is 11.3 Å². The van der Waals surface area contributed by atoms with Crippen molar-refractivity contribution < 1.29 is 54.4 Å². The summed E-state index contributed by atoms with van der Waals surface area (Å²) in [5.74, 6) is 0.116. The summed E-state index contributed by atoms with van der Waals surface area (Å²) in [5.41, 5.74) is 0.689. The number of rotatable bonds is 7. The molecule has 11 atom stereocenters. The highest BCUT2D eigenvalue weighted by atomic mass is 16.7. The number of carbonyl (C=O) groups is 1. The largest absolute Gasteiger partial charge is 0.388 e. The van der Waals surface area contributed by atoms with Crippen molar-refractivity contribution in [1.29, 1.82) is 0 Å². The van der Waals surface area contributed by atoms with Crippen LogP contribution in [-0.2, 0) is 23.7 Å². The molecule has 0 saturated carbocycles. The second-order valence-corrected chi connectivity index (χ2v) is 10.3. The SMILES string of the molecule is CC1=CC(=O)CC(C)(C)C1/C=C/C(C)O[C@H]1O[C@H](CO[C@@H]2OC[C@H](O)[C@H](O)[C@H]2O)[C@@H](O)[C@H](O)[C@H]1O. The topological polar surface area (TPSA) is 175 Å². The molecule has 35 heavy (non-hydrogen) atoms. The molecule has 11 nitrogen and oxygen atoms in total. The molecule has 3 rings (SSSR count). The summed E-state index contributed by atoms with van der Waals surface area (Å²) in [6, 6.07) is 0. The van der Waals surface area contributed by atoms with E-state index in [2.05, 4.69) is 0 Å². The monoisotopic (exact) mass is 502 g/mol. The molecule has 11 heteroatoms. The molecule has 0 spiro atoms. The average molecular weight is 503 g/mol. The molecule has 0 radical (unpaired) electrons. The Kier molecular flexibility index (Phi) is 9.25. The second-order valence-electron chi connectivity index (χ2n) is 10.3. The zero-order chi connectivity index (χ0) is 26.1. The Morgan fingerprint density at radius 3 is 2.37 bits per heavy atom. The van der Waals surface area contributed by atoms with Crippen LogP contribution in [0.4, 0.5) is 0 Å². The normalized spacial score (nSPS) is 43.3. The third-order valence-electron chi connectivity index (χ3n) is 6.82. The molecule has 0 aromatic carbocycles. The van der Waals surface area contributed by atoms with Crippen LogP contribution in [0.5, 0.6) is 0 Å². The fourth-order valence-electron chi connectivity index (χ4n) is 4.79. The van der Waals surface area contributed by atoms with E-state index in [-0.39, 0.29) is 30.3 Å². The number of aliphatic hydroxyl groups excluding tert-OH is 6. The lowest BCUT2D eigenvalue weighted by atomic mass is 9.68. The van der Waals surface area contributed by atoms with Gasteiger partial charge < -0.3 is 49.6 Å². The zero-order valence-electron chi connectivity index (χ0n) is 20.4. The Morgan fingerprint density at radius 1 is 1.06 bits per heavy atom. The van der Waals surface area contributed by atoms with Crippen LogP contribution >= 0.6 is 0 Å². The van der Waals surface area contributed by atoms with Crippen LogP contribution in [0, 0.1) is 11.3 Å². The Balaban J connectivity index is 1.60. The van der Waals surface area contributed by atoms with Crippen LogP contribution in [0.15, 0.2) is 23.8 Å². The number of hydrogen-bond donors (Lipinski definition) is 6. The minimum atomic E-state index is -1.59. The standard InChI is InChI=1S/C24H38O11/c1-11-7-13(25)8-24(3,4)14(11)6-5-12(2)34-23-21(31)19(29)18(28)16(35-23)10-33-22-20(30)17(27)15(26)9-32-22/h5-7,12,14-23,26-31H,8-10H2,1-4H3/b6-5+/t12?,14?,15-,16+,17-,18+,19-,20+,21+,22-,23-/m0/s1. The summed E-state index contributed by atoms with van der Waals surface area (Å²) in [5, 5.41) is 60.3. The van der Waals surface area contributed by atoms with E-state index in [0.29, 0.717) is 6.42 Å². The predicted octanol–water partition coefficient (Wildman–Crippen LogP) is -1.23. The number of ketones is 1. The van der Waals surface area contributed by atoms with Crippen molar-refractivity contribution in [1.82, 2.24) is 0 Å². The molecule has 2 heterocycles. The van der Waals surface area contributed by atoms with Crippen LogP contribution < -0.4 is 0 Å². The van der Waals surface area contributed by atoms with Crippen molar-refractivity contribution in [2.45, 2.75) is 95.5 Å². The minimum absolute atomic E-state index is 0.0211. The van der Waals surface area contributed by atoms with Gasteiger partial charge in [0.15, 0.2) is 18.4 Å². The molecule has 2 unspecified atom stereocenters. The van der Waals surface area contributed by atoms with E-state index in [1.807, 2.05) is 26.8 Å². The van der Waals surface area contributed by atoms with E-state index in [9.17, 15) is 35.4 Å². The average Bonchev–Trinajstić information content (AvgIpc) is 2.76. The number of allylic oxidation sites excluding steroid dienone is 3. The van der Waals surface area contributed by atoms with Crippen LogP contribution in [0.2, 0.25) is 0 Å². The first kappa shape index (κ1) is 28.3. The molecule has 0 amide bonds. The summed E-state index contributed by atoms with van der Waals surface area (Å²) in [6.07, 6.45) is -7.31. The maximum absolute atomic E-state index is 11.9. The van der Waals surface area contributed by atoms with E-state index in [1.165, 1.54) is 0 Å². The number of ether oxygens (including phenoxy) is 4. The van der Waals surface area contributed by atoms with Gasteiger partial charge in [-0.25, -0.2) is 0 Å². The quantitative estimate of drug-likeness (QED) is 0.230. The van der Waals surface area contributed by atoms with E-state index in [1.54, 1.807) is 19.1 Å². The fraction of sp³-hybridized carbons (Fsp3) is 0.792. The molecule has 2 aliphatic heterocycles. The molecular formula is C24H38O11. The third kappa shape index (κ3) is 6.55. The van der Waals surface area contributed by atoms with E-state index < -0.39 is 61.4 Å². The highest BCUT2D eigenvalue weighted by molar-refractivity contribution is 5.92. The summed E-state index contributed by atoms with van der Waals surface area (Å²) >= 11 is 0. The van der Waals surface area contributed by atoms with Gasteiger partial charge in [-0.15, -0.1) is 0 Å². The summed E-state index contributed by atoms with van der Waals surface area (Å²) in [7, 11) is 0. The molecule has 1 aliphatic carbocycles. The van der Waals surface area contributed by atoms with Crippen molar-refractivity contribution in [3.63, 3.8) is 0 Å². The number of aliphatic hydroxyl groups is 6. The molecular weight excluding hydrogens is 464 g/mol. The molecule has 0 bridgehead atoms. The van der Waals surface area contributed by atoms with E-state index >= 15 is 0 Å². The van der Waals surface area contributed by atoms with Crippen molar-refractivity contribution in [3.8, 4) is 0 Å². The van der Waals surface area contributed by atoms with Gasteiger partial charge in [0.1, 0.15) is 42.7 Å². The number of carbonyl (C=O) groups excluding carboxylic acids is 1. The fourth-order valence-corrected chi connectivity index (χ4v) is 4.79. The van der Waals surface area contributed by atoms with Gasteiger partial charge in [0.05, 0.1) is 19.3 Å². The Labute approximate surface area is 204 Å². The lowest BCUT2D eigenvalue weighted by Crippen LogP contribution is -2.60. The third-order valence-corrected chi connectivity index (χ3v) is 6.82. The van der Waals surface area contributed by atoms with Crippen LogP contribution in [-0.4, -0.2) is 111 Å². The van der Waals surface area contributed by atoms with Gasteiger partial charge in [0.25, 0.3) is 0 Å². The summed E-state index contributed by atoms with van der Waals surface area (Å²) in [4.78, 5) is 11.9. The van der Waals surface area contributed by atoms with Crippen molar-refractivity contribution >= 4 is 5.78 Å². The summed E-state index contributed by atoms with van der Waals surface area (Å²) in [6.45, 7) is 7.06. The zero-order valence-corrected chi connectivity index (χ0v) is 20.4. The molecule has 3 aliphatic rings. The van der Waals surface area contributed by atoms with Crippen LogP contribution in [0.3, 0.4) is 0 Å². The Morgan fingerprint density at radius 2 is 1.71 bits per heavy atom. The Hall–Kier alpha value is -1.25. The maximum Gasteiger partial charge on any atom is 0.187 e. The first-order chi connectivity index (χ1) is 16.3. The smallest absolute Gasteiger partial charge is 0.187 e. The lowest BCUT2D eigenvalue weighted by Gasteiger charge is -2.42. The lowest BCUT2D eigenvalue weighted by molar-refractivity contribution is -0.324. The highest BCUT2D eigenvalue weighted by Crippen LogP contribution is 2.40. The van der Waals surface area contributed by atoms with E-state index in [4.69, 9.17) is 18.9 Å². The van der Waals surface area contributed by atoms with Crippen molar-refractivity contribution in [2.75, 3.05) is 13.2 Å². The summed E-state index contributed by atoms with van der Waals surface area (Å²) < 4.78 is 22.0. The highest BCUT2D eigenvalue weighted by Gasteiger charge is 2.46. The molecule has 2 fully saturated rings. The molecule has 0 aromatic rings. The van der Waals surface area contributed by atoms with Gasteiger partial charge in [0, 0.05) is 12.3 Å². The van der Waals surface area contributed by atoms with E-state index in [0.717, 1.165) is 5.57 Å².